The van der Waals surface area contributed by atoms with Crippen molar-refractivity contribution in [2.75, 3.05) is 13.6 Å². The van der Waals surface area contributed by atoms with Crippen LogP contribution in [0.4, 0.5) is 0 Å². The lowest BCUT2D eigenvalue weighted by Gasteiger charge is -2.38. The van der Waals surface area contributed by atoms with Crippen molar-refractivity contribution in [3.05, 3.63) is 16.1 Å². The van der Waals surface area contributed by atoms with Crippen LogP contribution in [0.25, 0.3) is 0 Å². The SMILES string of the molecule is CN(C(=O)c1csc(CCN)n1)C1CCC(C)(C)CC1.Cl. The van der Waals surface area contributed by atoms with Crippen molar-refractivity contribution < 1.29 is 4.79 Å². The Labute approximate surface area is 137 Å². The Kier molecular flexibility index (Phi) is 6.63. The van der Waals surface area contributed by atoms with Crippen molar-refractivity contribution in [2.45, 2.75) is 52.0 Å². The summed E-state index contributed by atoms with van der Waals surface area (Å²) >= 11 is 1.53. The topological polar surface area (TPSA) is 59.2 Å². The second-order valence-corrected chi connectivity index (χ2v) is 7.42. The lowest BCUT2D eigenvalue weighted by Crippen LogP contribution is -2.41. The summed E-state index contributed by atoms with van der Waals surface area (Å²) in [5.74, 6) is 0.0502. The molecule has 2 rings (SSSR count). The third-order valence-corrected chi connectivity index (χ3v) is 5.21. The van der Waals surface area contributed by atoms with Crippen LogP contribution in [0.1, 0.15) is 55.0 Å². The number of amides is 1. The summed E-state index contributed by atoms with van der Waals surface area (Å²) in [7, 11) is 1.91. The lowest BCUT2D eigenvalue weighted by molar-refractivity contribution is 0.0630. The van der Waals surface area contributed by atoms with Gasteiger partial charge in [0, 0.05) is 24.9 Å². The van der Waals surface area contributed by atoms with Gasteiger partial charge in [0.05, 0.1) is 5.01 Å². The molecule has 6 heteroatoms. The minimum atomic E-state index is 0. The standard InChI is InChI=1S/C15H25N3OS.ClH/c1-15(2)7-4-11(5-8-15)18(3)14(19)12-10-20-13(17-12)6-9-16;/h10-11H,4-9,16H2,1-3H3;1H. The molecule has 1 fully saturated rings. The number of nitrogens with zero attached hydrogens (tertiary/aromatic N) is 2. The maximum atomic E-state index is 12.5. The highest BCUT2D eigenvalue weighted by Gasteiger charge is 2.31. The first kappa shape index (κ1) is 18.4. The van der Waals surface area contributed by atoms with Gasteiger partial charge >= 0.3 is 0 Å². The fourth-order valence-corrected chi connectivity index (χ4v) is 3.55. The second kappa shape index (κ2) is 7.56. The molecule has 0 aliphatic heterocycles. The van der Waals surface area contributed by atoms with E-state index in [1.54, 1.807) is 0 Å². The molecule has 4 nitrogen and oxygen atoms in total. The van der Waals surface area contributed by atoms with Crippen LogP contribution >= 0.6 is 23.7 Å². The van der Waals surface area contributed by atoms with Gasteiger partial charge in [-0.2, -0.15) is 0 Å². The number of hydrogen-bond donors (Lipinski definition) is 1. The van der Waals surface area contributed by atoms with Crippen LogP contribution in [0, 0.1) is 5.41 Å². The fraction of sp³-hybridized carbons (Fsp3) is 0.733. The maximum Gasteiger partial charge on any atom is 0.273 e. The molecule has 1 aliphatic rings. The van der Waals surface area contributed by atoms with Gasteiger partial charge in [-0.15, -0.1) is 23.7 Å². The summed E-state index contributed by atoms with van der Waals surface area (Å²) < 4.78 is 0. The van der Waals surface area contributed by atoms with Crippen LogP contribution in [0.2, 0.25) is 0 Å². The number of carbonyl (C=O) groups is 1. The average Bonchev–Trinajstić information content (AvgIpc) is 2.86. The fourth-order valence-electron chi connectivity index (χ4n) is 2.77. The summed E-state index contributed by atoms with van der Waals surface area (Å²) in [5.41, 5.74) is 6.52. The van der Waals surface area contributed by atoms with E-state index < -0.39 is 0 Å². The maximum absolute atomic E-state index is 12.5. The molecule has 1 amide bonds. The Hall–Kier alpha value is -0.650. The third kappa shape index (κ3) is 4.66. The van der Waals surface area contributed by atoms with E-state index in [9.17, 15) is 4.79 Å². The Morgan fingerprint density at radius 1 is 1.48 bits per heavy atom. The molecule has 0 atom stereocenters. The molecule has 0 unspecified atom stereocenters. The largest absolute Gasteiger partial charge is 0.337 e. The first-order valence-corrected chi connectivity index (χ1v) is 8.22. The summed E-state index contributed by atoms with van der Waals surface area (Å²) in [6.45, 7) is 5.20. The predicted molar refractivity (Wildman–Crippen MR) is 90.3 cm³/mol. The summed E-state index contributed by atoms with van der Waals surface area (Å²) in [6.07, 6.45) is 5.30. The molecule has 0 spiro atoms. The molecule has 1 heterocycles. The molecule has 1 saturated carbocycles. The quantitative estimate of drug-likeness (QED) is 0.922. The molecule has 0 radical (unpaired) electrons. The van der Waals surface area contributed by atoms with Gasteiger partial charge < -0.3 is 10.6 Å². The predicted octanol–water partition coefficient (Wildman–Crippen LogP) is 3.11. The molecular weight excluding hydrogens is 306 g/mol. The second-order valence-electron chi connectivity index (χ2n) is 6.48. The van der Waals surface area contributed by atoms with E-state index >= 15 is 0 Å². The van der Waals surface area contributed by atoms with Crippen LogP contribution in [0.15, 0.2) is 5.38 Å². The summed E-state index contributed by atoms with van der Waals surface area (Å²) in [6, 6.07) is 0.357. The van der Waals surface area contributed by atoms with Gasteiger partial charge in [0.2, 0.25) is 0 Å². The lowest BCUT2D eigenvalue weighted by atomic mass is 9.75. The number of nitrogens with two attached hydrogens (primary N) is 1. The van der Waals surface area contributed by atoms with Gasteiger partial charge in [0.1, 0.15) is 5.69 Å². The smallest absolute Gasteiger partial charge is 0.273 e. The number of halogens is 1. The van der Waals surface area contributed by atoms with Crippen LogP contribution in [0.3, 0.4) is 0 Å². The van der Waals surface area contributed by atoms with Gasteiger partial charge in [0.15, 0.2) is 0 Å². The van der Waals surface area contributed by atoms with Crippen molar-refractivity contribution in [1.29, 1.82) is 0 Å². The molecule has 1 aliphatic carbocycles. The van der Waals surface area contributed by atoms with Gasteiger partial charge in [-0.25, -0.2) is 4.98 Å². The Morgan fingerprint density at radius 2 is 2.10 bits per heavy atom. The molecule has 0 saturated heterocycles. The molecule has 0 bridgehead atoms. The third-order valence-electron chi connectivity index (χ3n) is 4.31. The summed E-state index contributed by atoms with van der Waals surface area (Å²) in [4.78, 5) is 18.7. The zero-order valence-corrected chi connectivity index (χ0v) is 14.7. The Balaban J connectivity index is 0.00000220. The first-order valence-electron chi connectivity index (χ1n) is 7.34. The zero-order valence-electron chi connectivity index (χ0n) is 13.1. The minimum Gasteiger partial charge on any atom is -0.337 e. The van der Waals surface area contributed by atoms with E-state index in [-0.39, 0.29) is 18.3 Å². The van der Waals surface area contributed by atoms with E-state index in [2.05, 4.69) is 18.8 Å². The van der Waals surface area contributed by atoms with Crippen molar-refractivity contribution in [3.8, 4) is 0 Å². The van der Waals surface area contributed by atoms with Crippen molar-refractivity contribution >= 4 is 29.7 Å². The molecule has 1 aromatic rings. The Morgan fingerprint density at radius 3 is 2.67 bits per heavy atom. The average molecular weight is 332 g/mol. The molecule has 21 heavy (non-hydrogen) atoms. The molecule has 2 N–H and O–H groups in total. The van der Waals surface area contributed by atoms with Crippen molar-refractivity contribution in [1.82, 2.24) is 9.88 Å². The van der Waals surface area contributed by atoms with Crippen molar-refractivity contribution in [2.24, 2.45) is 11.1 Å². The Bertz CT molecular complexity index is 465. The van der Waals surface area contributed by atoms with Crippen LogP contribution in [-0.4, -0.2) is 35.4 Å². The highest BCUT2D eigenvalue weighted by molar-refractivity contribution is 7.09. The number of thiazole rings is 1. The van der Waals surface area contributed by atoms with Gasteiger partial charge in [-0.3, -0.25) is 4.79 Å². The van der Waals surface area contributed by atoms with E-state index in [1.807, 2.05) is 17.3 Å². The van der Waals surface area contributed by atoms with E-state index in [0.717, 1.165) is 24.3 Å². The van der Waals surface area contributed by atoms with E-state index in [1.165, 1.54) is 24.2 Å². The van der Waals surface area contributed by atoms with Crippen LogP contribution < -0.4 is 5.73 Å². The van der Waals surface area contributed by atoms with Crippen LogP contribution in [0.5, 0.6) is 0 Å². The molecule has 120 valence electrons. The molecular formula is C15H26ClN3OS. The number of aromatic nitrogens is 1. The normalized spacial score (nSPS) is 18.1. The summed E-state index contributed by atoms with van der Waals surface area (Å²) in [5, 5.41) is 2.81. The first-order chi connectivity index (χ1) is 9.43. The molecule has 1 aromatic heterocycles. The van der Waals surface area contributed by atoms with E-state index in [4.69, 9.17) is 5.73 Å². The van der Waals surface area contributed by atoms with Gasteiger partial charge in [-0.05, 0) is 37.6 Å². The number of carbonyl (C=O) groups excluding carboxylic acids is 1. The van der Waals surface area contributed by atoms with Gasteiger partial charge in [0.25, 0.3) is 5.91 Å². The monoisotopic (exact) mass is 331 g/mol. The highest BCUT2D eigenvalue weighted by atomic mass is 35.5. The molecule has 0 aromatic carbocycles. The number of hydrogen-bond acceptors (Lipinski definition) is 4. The zero-order chi connectivity index (χ0) is 14.8. The van der Waals surface area contributed by atoms with Crippen LogP contribution in [-0.2, 0) is 6.42 Å². The van der Waals surface area contributed by atoms with E-state index in [0.29, 0.717) is 23.7 Å². The minimum absolute atomic E-state index is 0. The van der Waals surface area contributed by atoms with Gasteiger partial charge in [-0.1, -0.05) is 13.8 Å². The number of rotatable bonds is 4. The highest BCUT2D eigenvalue weighted by Crippen LogP contribution is 2.36. The van der Waals surface area contributed by atoms with Crippen molar-refractivity contribution in [3.63, 3.8) is 0 Å².